The summed E-state index contributed by atoms with van der Waals surface area (Å²) in [6.45, 7) is 9.13. The molecule has 0 heterocycles. The van der Waals surface area contributed by atoms with E-state index in [2.05, 4.69) is 45.9 Å². The Balaban J connectivity index is 0.00000225. The molecule has 0 spiro atoms. The van der Waals surface area contributed by atoms with E-state index in [0.29, 0.717) is 0 Å². The minimum Gasteiger partial charge on any atom is -0.0776 e. The fourth-order valence-corrected chi connectivity index (χ4v) is 2.22. The van der Waals surface area contributed by atoms with Crippen molar-refractivity contribution < 1.29 is 0 Å². The first kappa shape index (κ1) is 15.2. The topological polar surface area (TPSA) is 0 Å². The van der Waals surface area contributed by atoms with Crippen LogP contribution in [0.1, 0.15) is 58.2 Å². The SMILES string of the molecule is C.CCCc1c(CC)cccc1CC(C)C. The van der Waals surface area contributed by atoms with Crippen LogP contribution < -0.4 is 0 Å². The van der Waals surface area contributed by atoms with Crippen molar-refractivity contribution in [2.75, 3.05) is 0 Å². The van der Waals surface area contributed by atoms with Crippen molar-refractivity contribution in [2.45, 2.75) is 60.8 Å². The molecule has 0 aliphatic carbocycles. The molecule has 0 fully saturated rings. The zero-order valence-corrected chi connectivity index (χ0v) is 10.6. The van der Waals surface area contributed by atoms with Crippen LogP contribution in [-0.4, -0.2) is 0 Å². The zero-order chi connectivity index (χ0) is 11.3. The van der Waals surface area contributed by atoms with Crippen molar-refractivity contribution in [3.63, 3.8) is 0 Å². The third-order valence-corrected chi connectivity index (χ3v) is 2.88. The fourth-order valence-electron chi connectivity index (χ4n) is 2.22. The van der Waals surface area contributed by atoms with Gasteiger partial charge in [-0.2, -0.15) is 0 Å². The van der Waals surface area contributed by atoms with Crippen molar-refractivity contribution in [2.24, 2.45) is 5.92 Å². The first-order valence-corrected chi connectivity index (χ1v) is 6.28. The molecule has 0 nitrogen and oxygen atoms in total. The van der Waals surface area contributed by atoms with Gasteiger partial charge in [-0.15, -0.1) is 0 Å². The third kappa shape index (κ3) is 4.00. The Hall–Kier alpha value is -0.780. The Labute approximate surface area is 102 Å². The summed E-state index contributed by atoms with van der Waals surface area (Å²) in [6, 6.07) is 6.81. The van der Waals surface area contributed by atoms with Gasteiger partial charge < -0.3 is 0 Å². The standard InChI is InChI=1S/C15H24.CH4/c1-5-8-15-13(6-2)9-7-10-14(15)11-12(3)4;/h7,9-10,12H,5-6,8,11H2,1-4H3;1H4. The normalized spacial score (nSPS) is 10.3. The second kappa shape index (κ2) is 7.49. The highest BCUT2D eigenvalue weighted by molar-refractivity contribution is 5.35. The van der Waals surface area contributed by atoms with Crippen LogP contribution in [0.2, 0.25) is 0 Å². The molecular weight excluding hydrogens is 192 g/mol. The van der Waals surface area contributed by atoms with Gasteiger partial charge in [0.2, 0.25) is 0 Å². The van der Waals surface area contributed by atoms with E-state index in [-0.39, 0.29) is 7.43 Å². The summed E-state index contributed by atoms with van der Waals surface area (Å²) < 4.78 is 0. The number of hydrogen-bond acceptors (Lipinski definition) is 0. The van der Waals surface area contributed by atoms with E-state index >= 15 is 0 Å². The van der Waals surface area contributed by atoms with Crippen molar-refractivity contribution in [1.82, 2.24) is 0 Å². The van der Waals surface area contributed by atoms with Gasteiger partial charge in [-0.05, 0) is 41.9 Å². The first-order valence-electron chi connectivity index (χ1n) is 6.28. The minimum absolute atomic E-state index is 0. The predicted octanol–water partition coefficient (Wildman–Crippen LogP) is 5.04. The number of rotatable bonds is 5. The molecule has 1 rings (SSSR count). The lowest BCUT2D eigenvalue weighted by Crippen LogP contribution is -2.03. The molecular formula is C16H28. The highest BCUT2D eigenvalue weighted by Gasteiger charge is 2.07. The van der Waals surface area contributed by atoms with Crippen LogP contribution in [-0.2, 0) is 19.3 Å². The van der Waals surface area contributed by atoms with E-state index in [9.17, 15) is 0 Å². The molecule has 0 radical (unpaired) electrons. The van der Waals surface area contributed by atoms with Crippen molar-refractivity contribution >= 4 is 0 Å². The van der Waals surface area contributed by atoms with Crippen molar-refractivity contribution in [1.29, 1.82) is 0 Å². The highest BCUT2D eigenvalue weighted by atomic mass is 14.1. The smallest absolute Gasteiger partial charge is 0.0253 e. The van der Waals surface area contributed by atoms with Gasteiger partial charge in [0, 0.05) is 0 Å². The monoisotopic (exact) mass is 220 g/mol. The highest BCUT2D eigenvalue weighted by Crippen LogP contribution is 2.20. The van der Waals surface area contributed by atoms with E-state index in [0.717, 1.165) is 5.92 Å². The molecule has 0 aromatic heterocycles. The van der Waals surface area contributed by atoms with Gasteiger partial charge in [0.25, 0.3) is 0 Å². The quantitative estimate of drug-likeness (QED) is 0.652. The van der Waals surface area contributed by atoms with Crippen LogP contribution in [0.25, 0.3) is 0 Å². The lowest BCUT2D eigenvalue weighted by atomic mass is 9.91. The molecule has 0 atom stereocenters. The summed E-state index contributed by atoms with van der Waals surface area (Å²) in [4.78, 5) is 0. The van der Waals surface area contributed by atoms with Crippen molar-refractivity contribution in [3.05, 3.63) is 34.9 Å². The van der Waals surface area contributed by atoms with Crippen molar-refractivity contribution in [3.8, 4) is 0 Å². The van der Waals surface area contributed by atoms with Gasteiger partial charge in [-0.25, -0.2) is 0 Å². The Bertz CT molecular complexity index is 297. The zero-order valence-electron chi connectivity index (χ0n) is 10.6. The number of aryl methyl sites for hydroxylation is 1. The molecule has 0 heteroatoms. The Morgan fingerprint density at radius 1 is 1.06 bits per heavy atom. The van der Waals surface area contributed by atoms with Crippen LogP contribution in [0.15, 0.2) is 18.2 Å². The predicted molar refractivity (Wildman–Crippen MR) is 75.1 cm³/mol. The largest absolute Gasteiger partial charge is 0.0776 e. The molecule has 16 heavy (non-hydrogen) atoms. The summed E-state index contributed by atoms with van der Waals surface area (Å²) in [7, 11) is 0. The van der Waals surface area contributed by atoms with Gasteiger partial charge in [0.15, 0.2) is 0 Å². The maximum Gasteiger partial charge on any atom is -0.0253 e. The Kier molecular flexibility index (Phi) is 7.12. The van der Waals surface area contributed by atoms with Gasteiger partial charge in [0.05, 0.1) is 0 Å². The second-order valence-electron chi connectivity index (χ2n) is 4.76. The average molecular weight is 220 g/mol. The molecule has 1 aromatic rings. The third-order valence-electron chi connectivity index (χ3n) is 2.88. The van der Waals surface area contributed by atoms with E-state index in [1.54, 1.807) is 16.7 Å². The van der Waals surface area contributed by atoms with Crippen LogP contribution in [0, 0.1) is 5.92 Å². The van der Waals surface area contributed by atoms with Gasteiger partial charge in [-0.1, -0.05) is 59.7 Å². The second-order valence-corrected chi connectivity index (χ2v) is 4.76. The van der Waals surface area contributed by atoms with E-state index in [1.165, 1.54) is 25.7 Å². The summed E-state index contributed by atoms with van der Waals surface area (Å²) in [5, 5.41) is 0. The minimum atomic E-state index is 0. The lowest BCUT2D eigenvalue weighted by Gasteiger charge is -2.15. The van der Waals surface area contributed by atoms with E-state index in [4.69, 9.17) is 0 Å². The molecule has 0 N–H and O–H groups in total. The van der Waals surface area contributed by atoms with Gasteiger partial charge in [-0.3, -0.25) is 0 Å². The first-order chi connectivity index (χ1) is 7.19. The maximum absolute atomic E-state index is 2.31. The molecule has 0 bridgehead atoms. The summed E-state index contributed by atoms with van der Waals surface area (Å²) in [5.74, 6) is 0.757. The molecule has 1 aromatic carbocycles. The number of hydrogen-bond donors (Lipinski definition) is 0. The summed E-state index contributed by atoms with van der Waals surface area (Å²) >= 11 is 0. The summed E-state index contributed by atoms with van der Waals surface area (Å²) in [5.41, 5.74) is 4.75. The number of benzene rings is 1. The van der Waals surface area contributed by atoms with Crippen LogP contribution in [0.4, 0.5) is 0 Å². The molecule has 0 amide bonds. The molecule has 92 valence electrons. The lowest BCUT2D eigenvalue weighted by molar-refractivity contribution is 0.640. The molecule has 0 unspecified atom stereocenters. The Morgan fingerprint density at radius 3 is 2.19 bits per heavy atom. The molecule has 0 saturated heterocycles. The fraction of sp³-hybridized carbons (Fsp3) is 0.625. The maximum atomic E-state index is 2.31. The molecule has 0 saturated carbocycles. The van der Waals surface area contributed by atoms with Crippen LogP contribution in [0.3, 0.4) is 0 Å². The summed E-state index contributed by atoms with van der Waals surface area (Å²) in [6.07, 6.45) is 4.89. The van der Waals surface area contributed by atoms with Gasteiger partial charge >= 0.3 is 0 Å². The van der Waals surface area contributed by atoms with E-state index < -0.39 is 0 Å². The van der Waals surface area contributed by atoms with Gasteiger partial charge in [0.1, 0.15) is 0 Å². The van der Waals surface area contributed by atoms with Crippen LogP contribution in [0.5, 0.6) is 0 Å². The average Bonchev–Trinajstić information content (AvgIpc) is 2.20. The van der Waals surface area contributed by atoms with Crippen LogP contribution >= 0.6 is 0 Å². The van der Waals surface area contributed by atoms with E-state index in [1.807, 2.05) is 0 Å². The Morgan fingerprint density at radius 2 is 1.69 bits per heavy atom. The molecule has 0 aliphatic rings. The molecule has 0 aliphatic heterocycles.